The molecule has 0 unspecified atom stereocenters. The number of hydrogen-bond donors (Lipinski definition) is 1. The predicted octanol–water partition coefficient (Wildman–Crippen LogP) is 3.46. The number of ether oxygens (including phenoxy) is 1. The highest BCUT2D eigenvalue weighted by Crippen LogP contribution is 2.27. The second kappa shape index (κ2) is 8.52. The number of nitrogens with one attached hydrogen (secondary N) is 1. The fourth-order valence-corrected chi connectivity index (χ4v) is 3.05. The van der Waals surface area contributed by atoms with Crippen molar-refractivity contribution >= 4 is 17.5 Å². The van der Waals surface area contributed by atoms with Gasteiger partial charge in [-0.1, -0.05) is 49.4 Å². The number of rotatable bonds is 7. The summed E-state index contributed by atoms with van der Waals surface area (Å²) in [5.74, 6) is 0.199. The summed E-state index contributed by atoms with van der Waals surface area (Å²) in [5.41, 5.74) is 1.72. The van der Waals surface area contributed by atoms with Gasteiger partial charge in [0, 0.05) is 19.5 Å². The quantitative estimate of drug-likeness (QED) is 0.830. The number of para-hydroxylation sites is 2. The molecule has 2 aromatic rings. The maximum absolute atomic E-state index is 12.6. The molecule has 5 nitrogen and oxygen atoms in total. The summed E-state index contributed by atoms with van der Waals surface area (Å²) in [5, 5.41) is 2.92. The van der Waals surface area contributed by atoms with E-state index in [1.165, 1.54) is 0 Å². The van der Waals surface area contributed by atoms with Gasteiger partial charge in [-0.2, -0.15) is 0 Å². The van der Waals surface area contributed by atoms with Gasteiger partial charge in [0.25, 0.3) is 0 Å². The van der Waals surface area contributed by atoms with Crippen LogP contribution in [0.2, 0.25) is 0 Å². The van der Waals surface area contributed by atoms with Gasteiger partial charge >= 0.3 is 0 Å². The van der Waals surface area contributed by atoms with Crippen LogP contribution in [0.3, 0.4) is 0 Å². The van der Waals surface area contributed by atoms with Crippen molar-refractivity contribution in [3.8, 4) is 5.75 Å². The SMILES string of the molecule is CCCOc1ccccc1NC(=O)[C@H]1CC(=O)N(Cc2ccccc2)C1. The smallest absolute Gasteiger partial charge is 0.229 e. The Bertz CT molecular complexity index is 761. The molecule has 136 valence electrons. The van der Waals surface area contributed by atoms with Gasteiger partial charge < -0.3 is 15.0 Å². The minimum absolute atomic E-state index is 0.0181. The summed E-state index contributed by atoms with van der Waals surface area (Å²) in [7, 11) is 0. The van der Waals surface area contributed by atoms with Gasteiger partial charge in [0.1, 0.15) is 5.75 Å². The largest absolute Gasteiger partial charge is 0.491 e. The Kier molecular flexibility index (Phi) is 5.89. The first-order valence-electron chi connectivity index (χ1n) is 9.01. The molecule has 0 aromatic heterocycles. The zero-order chi connectivity index (χ0) is 18.4. The molecule has 5 heteroatoms. The van der Waals surface area contributed by atoms with E-state index in [-0.39, 0.29) is 24.2 Å². The summed E-state index contributed by atoms with van der Waals surface area (Å²) in [6.45, 7) is 3.61. The zero-order valence-corrected chi connectivity index (χ0v) is 15.0. The van der Waals surface area contributed by atoms with Crippen molar-refractivity contribution in [2.75, 3.05) is 18.5 Å². The Hall–Kier alpha value is -2.82. The molecular weight excluding hydrogens is 328 g/mol. The molecular formula is C21H24N2O3. The van der Waals surface area contributed by atoms with Gasteiger partial charge in [-0.3, -0.25) is 9.59 Å². The van der Waals surface area contributed by atoms with Crippen molar-refractivity contribution < 1.29 is 14.3 Å². The van der Waals surface area contributed by atoms with Crippen LogP contribution in [0.25, 0.3) is 0 Å². The lowest BCUT2D eigenvalue weighted by Gasteiger charge is -2.17. The predicted molar refractivity (Wildman–Crippen MR) is 101 cm³/mol. The molecule has 0 radical (unpaired) electrons. The van der Waals surface area contributed by atoms with Gasteiger partial charge in [0.2, 0.25) is 11.8 Å². The van der Waals surface area contributed by atoms with Crippen LogP contribution in [-0.2, 0) is 16.1 Å². The molecule has 26 heavy (non-hydrogen) atoms. The van der Waals surface area contributed by atoms with Crippen LogP contribution in [0.15, 0.2) is 54.6 Å². The summed E-state index contributed by atoms with van der Waals surface area (Å²) < 4.78 is 5.68. The number of carbonyl (C=O) groups excluding carboxylic acids is 2. The lowest BCUT2D eigenvalue weighted by molar-refractivity contribution is -0.128. The Balaban J connectivity index is 1.62. The van der Waals surface area contributed by atoms with E-state index < -0.39 is 0 Å². The van der Waals surface area contributed by atoms with E-state index in [0.29, 0.717) is 31.1 Å². The number of hydrogen-bond acceptors (Lipinski definition) is 3. The third-order valence-electron chi connectivity index (χ3n) is 4.41. The van der Waals surface area contributed by atoms with E-state index in [1.54, 1.807) is 4.90 Å². The highest BCUT2D eigenvalue weighted by Gasteiger charge is 2.34. The number of carbonyl (C=O) groups is 2. The van der Waals surface area contributed by atoms with Crippen LogP contribution in [0.5, 0.6) is 5.75 Å². The number of likely N-dealkylation sites (tertiary alicyclic amines) is 1. The van der Waals surface area contributed by atoms with Gasteiger partial charge in [0.15, 0.2) is 0 Å². The maximum atomic E-state index is 12.6. The molecule has 1 atom stereocenters. The van der Waals surface area contributed by atoms with Gasteiger partial charge in [-0.15, -0.1) is 0 Å². The molecule has 1 heterocycles. The van der Waals surface area contributed by atoms with Crippen molar-refractivity contribution in [1.29, 1.82) is 0 Å². The first-order chi connectivity index (χ1) is 12.7. The molecule has 1 aliphatic heterocycles. The molecule has 0 spiro atoms. The fraction of sp³-hybridized carbons (Fsp3) is 0.333. The van der Waals surface area contributed by atoms with Crippen LogP contribution in [-0.4, -0.2) is 29.9 Å². The average Bonchev–Trinajstić information content (AvgIpc) is 3.02. The number of amides is 2. The van der Waals surface area contributed by atoms with Crippen LogP contribution < -0.4 is 10.1 Å². The third-order valence-corrected chi connectivity index (χ3v) is 4.41. The van der Waals surface area contributed by atoms with Crippen molar-refractivity contribution in [2.24, 2.45) is 5.92 Å². The molecule has 1 N–H and O–H groups in total. The summed E-state index contributed by atoms with van der Waals surface area (Å²) in [6.07, 6.45) is 1.14. The van der Waals surface area contributed by atoms with E-state index >= 15 is 0 Å². The van der Waals surface area contributed by atoms with Gasteiger partial charge in [-0.25, -0.2) is 0 Å². The van der Waals surface area contributed by atoms with Crippen molar-refractivity contribution in [2.45, 2.75) is 26.3 Å². The highest BCUT2D eigenvalue weighted by atomic mass is 16.5. The molecule has 0 saturated carbocycles. The number of benzene rings is 2. The first kappa shape index (κ1) is 18.0. The van der Waals surface area contributed by atoms with Crippen molar-refractivity contribution in [3.05, 3.63) is 60.2 Å². The molecule has 3 rings (SSSR count). The number of nitrogens with zero attached hydrogens (tertiary/aromatic N) is 1. The van der Waals surface area contributed by atoms with E-state index in [1.807, 2.05) is 61.5 Å². The zero-order valence-electron chi connectivity index (χ0n) is 15.0. The minimum atomic E-state index is -0.342. The Morgan fingerprint density at radius 3 is 2.65 bits per heavy atom. The Morgan fingerprint density at radius 2 is 1.88 bits per heavy atom. The normalized spacial score (nSPS) is 16.6. The molecule has 1 saturated heterocycles. The second-order valence-corrected chi connectivity index (χ2v) is 6.49. The lowest BCUT2D eigenvalue weighted by atomic mass is 10.1. The highest BCUT2D eigenvalue weighted by molar-refractivity contribution is 5.98. The molecule has 0 aliphatic carbocycles. The summed E-state index contributed by atoms with van der Waals surface area (Å²) in [6, 6.07) is 17.2. The topological polar surface area (TPSA) is 58.6 Å². The first-order valence-corrected chi connectivity index (χ1v) is 9.01. The van der Waals surface area contributed by atoms with Gasteiger partial charge in [-0.05, 0) is 24.1 Å². The fourth-order valence-electron chi connectivity index (χ4n) is 3.05. The van der Waals surface area contributed by atoms with Crippen LogP contribution in [0.4, 0.5) is 5.69 Å². The Labute approximate surface area is 154 Å². The van der Waals surface area contributed by atoms with Crippen LogP contribution in [0, 0.1) is 5.92 Å². The van der Waals surface area contributed by atoms with Crippen molar-refractivity contribution in [1.82, 2.24) is 4.90 Å². The lowest BCUT2D eigenvalue weighted by Crippen LogP contribution is -2.28. The molecule has 1 aliphatic rings. The van der Waals surface area contributed by atoms with Crippen LogP contribution >= 0.6 is 0 Å². The standard InChI is InChI=1S/C21H24N2O3/c1-2-12-26-19-11-7-6-10-18(19)22-21(25)17-13-20(24)23(15-17)14-16-8-4-3-5-9-16/h3-11,17H,2,12-15H2,1H3,(H,22,25)/t17-/m0/s1. The minimum Gasteiger partial charge on any atom is -0.491 e. The average molecular weight is 352 g/mol. The molecule has 0 bridgehead atoms. The van der Waals surface area contributed by atoms with E-state index in [0.717, 1.165) is 12.0 Å². The maximum Gasteiger partial charge on any atom is 0.229 e. The summed E-state index contributed by atoms with van der Waals surface area (Å²) >= 11 is 0. The van der Waals surface area contributed by atoms with E-state index in [2.05, 4.69) is 5.32 Å². The van der Waals surface area contributed by atoms with E-state index in [4.69, 9.17) is 4.74 Å². The monoisotopic (exact) mass is 352 g/mol. The number of anilines is 1. The second-order valence-electron chi connectivity index (χ2n) is 6.49. The molecule has 1 fully saturated rings. The summed E-state index contributed by atoms with van der Waals surface area (Å²) in [4.78, 5) is 26.7. The molecule has 2 aromatic carbocycles. The third kappa shape index (κ3) is 4.42. The van der Waals surface area contributed by atoms with Crippen molar-refractivity contribution in [3.63, 3.8) is 0 Å². The van der Waals surface area contributed by atoms with Crippen LogP contribution in [0.1, 0.15) is 25.3 Å². The van der Waals surface area contributed by atoms with E-state index in [9.17, 15) is 9.59 Å². The Morgan fingerprint density at radius 1 is 1.15 bits per heavy atom. The molecule has 2 amide bonds. The van der Waals surface area contributed by atoms with Gasteiger partial charge in [0.05, 0.1) is 18.2 Å².